The van der Waals surface area contributed by atoms with Gasteiger partial charge in [0.25, 0.3) is 0 Å². The highest BCUT2D eigenvalue weighted by atomic mass is 13.9. The highest BCUT2D eigenvalue weighted by Crippen LogP contribution is 2.03. The van der Waals surface area contributed by atoms with E-state index in [1.165, 1.54) is 5.56 Å². The fourth-order valence-corrected chi connectivity index (χ4v) is 0.968. The van der Waals surface area contributed by atoms with Crippen LogP contribution in [0.2, 0.25) is 0 Å². The highest BCUT2D eigenvalue weighted by Gasteiger charge is 1.87. The maximum Gasteiger partial charge on any atom is 0.0245 e. The normalized spacial score (nSPS) is 8.55. The maximum atomic E-state index is 3.01. The summed E-state index contributed by atoms with van der Waals surface area (Å²) in [6, 6.07) is 8.38. The summed E-state index contributed by atoms with van der Waals surface area (Å²) in [6.07, 6.45) is 1.10. The molecule has 11 heavy (non-hydrogen) atoms. The number of hydrogen-bond acceptors (Lipinski definition) is 0. The van der Waals surface area contributed by atoms with Gasteiger partial charge in [-0.1, -0.05) is 25.0 Å². The molecule has 0 aliphatic rings. The van der Waals surface area contributed by atoms with Gasteiger partial charge in [-0.2, -0.15) is 0 Å². The van der Waals surface area contributed by atoms with Crippen LogP contribution in [0, 0.1) is 11.8 Å². The first-order valence-electron chi connectivity index (χ1n) is 3.88. The summed E-state index contributed by atoms with van der Waals surface area (Å²) in [6.45, 7) is 4.01. The zero-order valence-corrected chi connectivity index (χ0v) is 7.02. The molecule has 56 valence electrons. The van der Waals surface area contributed by atoms with Crippen molar-refractivity contribution in [3.8, 4) is 11.8 Å². The summed E-state index contributed by atoms with van der Waals surface area (Å²) in [4.78, 5) is 0. The number of aryl methyl sites for hydroxylation is 1. The second-order valence-electron chi connectivity index (χ2n) is 2.43. The lowest BCUT2D eigenvalue weighted by Crippen LogP contribution is -1.79. The summed E-state index contributed by atoms with van der Waals surface area (Å²) < 4.78 is 0. The van der Waals surface area contributed by atoms with Crippen molar-refractivity contribution in [2.24, 2.45) is 0 Å². The summed E-state index contributed by atoms with van der Waals surface area (Å²) in [7, 11) is 0. The standard InChI is InChI=1S/C11H12/c1-3-5-11-8-6-10(4-2)7-9-11/h6-9H,4H2,1-2H3. The minimum Gasteiger partial charge on any atom is -0.101 e. The summed E-state index contributed by atoms with van der Waals surface area (Å²) in [5.74, 6) is 5.88. The molecule has 0 amide bonds. The van der Waals surface area contributed by atoms with Crippen LogP contribution in [0.3, 0.4) is 0 Å². The van der Waals surface area contributed by atoms with E-state index in [1.54, 1.807) is 0 Å². The van der Waals surface area contributed by atoms with Gasteiger partial charge in [0.15, 0.2) is 0 Å². The van der Waals surface area contributed by atoms with Crippen LogP contribution >= 0.6 is 0 Å². The third-order valence-electron chi connectivity index (χ3n) is 1.63. The Morgan fingerprint density at radius 2 is 1.82 bits per heavy atom. The van der Waals surface area contributed by atoms with Crippen molar-refractivity contribution in [2.75, 3.05) is 0 Å². The van der Waals surface area contributed by atoms with Gasteiger partial charge < -0.3 is 0 Å². The minimum absolute atomic E-state index is 1.10. The van der Waals surface area contributed by atoms with Gasteiger partial charge in [0.05, 0.1) is 0 Å². The third kappa shape index (κ3) is 2.13. The predicted octanol–water partition coefficient (Wildman–Crippen LogP) is 2.62. The van der Waals surface area contributed by atoms with Gasteiger partial charge in [0.1, 0.15) is 0 Å². The smallest absolute Gasteiger partial charge is 0.0245 e. The van der Waals surface area contributed by atoms with Crippen LogP contribution in [0.25, 0.3) is 0 Å². The lowest BCUT2D eigenvalue weighted by Gasteiger charge is -1.94. The molecule has 0 radical (unpaired) electrons. The van der Waals surface area contributed by atoms with E-state index in [9.17, 15) is 0 Å². The SMILES string of the molecule is CC#Cc1ccc(CC)cc1. The quantitative estimate of drug-likeness (QED) is 0.531. The molecular formula is C11H12. The molecule has 0 saturated heterocycles. The molecule has 0 heteroatoms. The van der Waals surface area contributed by atoms with Gasteiger partial charge in [0.2, 0.25) is 0 Å². The molecule has 0 heterocycles. The average molecular weight is 144 g/mol. The molecule has 0 spiro atoms. The Morgan fingerprint density at radius 1 is 1.18 bits per heavy atom. The second-order valence-corrected chi connectivity index (χ2v) is 2.43. The van der Waals surface area contributed by atoms with Gasteiger partial charge in [-0.15, -0.1) is 5.92 Å². The molecule has 0 fully saturated rings. The van der Waals surface area contributed by atoms with Crippen molar-refractivity contribution < 1.29 is 0 Å². The van der Waals surface area contributed by atoms with Gasteiger partial charge >= 0.3 is 0 Å². The Kier molecular flexibility index (Phi) is 2.74. The molecule has 1 aromatic carbocycles. The monoisotopic (exact) mass is 144 g/mol. The first kappa shape index (κ1) is 7.88. The van der Waals surface area contributed by atoms with E-state index in [0.29, 0.717) is 0 Å². The van der Waals surface area contributed by atoms with Crippen LogP contribution in [0.4, 0.5) is 0 Å². The first-order chi connectivity index (χ1) is 5.36. The van der Waals surface area contributed by atoms with E-state index in [-0.39, 0.29) is 0 Å². The number of hydrogen-bond donors (Lipinski definition) is 0. The summed E-state index contributed by atoms with van der Waals surface area (Å²) in [5.41, 5.74) is 2.47. The topological polar surface area (TPSA) is 0 Å². The van der Waals surface area contributed by atoms with Crippen molar-refractivity contribution in [2.45, 2.75) is 20.3 Å². The zero-order chi connectivity index (χ0) is 8.10. The van der Waals surface area contributed by atoms with Crippen LogP contribution in [-0.4, -0.2) is 0 Å². The molecule has 1 rings (SSSR count). The molecular weight excluding hydrogens is 132 g/mol. The fraction of sp³-hybridized carbons (Fsp3) is 0.273. The van der Waals surface area contributed by atoms with Crippen molar-refractivity contribution in [3.63, 3.8) is 0 Å². The molecule has 0 aromatic heterocycles. The summed E-state index contributed by atoms with van der Waals surface area (Å²) >= 11 is 0. The molecule has 0 bridgehead atoms. The van der Waals surface area contributed by atoms with E-state index in [0.717, 1.165) is 12.0 Å². The first-order valence-corrected chi connectivity index (χ1v) is 3.88. The van der Waals surface area contributed by atoms with Crippen LogP contribution in [0.15, 0.2) is 24.3 Å². The molecule has 0 atom stereocenters. The lowest BCUT2D eigenvalue weighted by molar-refractivity contribution is 1.14. The Bertz CT molecular complexity index is 269. The van der Waals surface area contributed by atoms with Gasteiger partial charge in [0, 0.05) is 5.56 Å². The fourth-order valence-electron chi connectivity index (χ4n) is 0.968. The average Bonchev–Trinajstić information content (AvgIpc) is 2.07. The minimum atomic E-state index is 1.10. The van der Waals surface area contributed by atoms with E-state index >= 15 is 0 Å². The van der Waals surface area contributed by atoms with Crippen LogP contribution in [0.1, 0.15) is 25.0 Å². The predicted molar refractivity (Wildman–Crippen MR) is 48.4 cm³/mol. The third-order valence-corrected chi connectivity index (χ3v) is 1.63. The van der Waals surface area contributed by atoms with Gasteiger partial charge in [-0.05, 0) is 31.0 Å². The molecule has 0 N–H and O–H groups in total. The van der Waals surface area contributed by atoms with Crippen molar-refractivity contribution >= 4 is 0 Å². The van der Waals surface area contributed by atoms with E-state index in [1.807, 2.05) is 6.92 Å². The van der Waals surface area contributed by atoms with Crippen LogP contribution in [0.5, 0.6) is 0 Å². The largest absolute Gasteiger partial charge is 0.101 e. The van der Waals surface area contributed by atoms with E-state index in [2.05, 4.69) is 43.0 Å². The Labute approximate surface area is 68.3 Å². The molecule has 0 nitrogen and oxygen atoms in total. The molecule has 1 aromatic rings. The lowest BCUT2D eigenvalue weighted by atomic mass is 10.1. The molecule has 0 aliphatic heterocycles. The Balaban J connectivity index is 2.88. The van der Waals surface area contributed by atoms with Crippen molar-refractivity contribution in [1.82, 2.24) is 0 Å². The molecule has 0 unspecified atom stereocenters. The van der Waals surface area contributed by atoms with Crippen LogP contribution < -0.4 is 0 Å². The maximum absolute atomic E-state index is 3.01. The van der Waals surface area contributed by atoms with Gasteiger partial charge in [-0.25, -0.2) is 0 Å². The zero-order valence-electron chi connectivity index (χ0n) is 7.02. The Hall–Kier alpha value is -1.22. The van der Waals surface area contributed by atoms with E-state index < -0.39 is 0 Å². The van der Waals surface area contributed by atoms with Crippen molar-refractivity contribution in [1.29, 1.82) is 0 Å². The highest BCUT2D eigenvalue weighted by molar-refractivity contribution is 5.35. The Morgan fingerprint density at radius 3 is 2.27 bits per heavy atom. The second kappa shape index (κ2) is 3.83. The molecule has 0 aliphatic carbocycles. The number of benzene rings is 1. The van der Waals surface area contributed by atoms with Gasteiger partial charge in [-0.3, -0.25) is 0 Å². The molecule has 0 saturated carbocycles. The number of rotatable bonds is 1. The summed E-state index contributed by atoms with van der Waals surface area (Å²) in [5, 5.41) is 0. The van der Waals surface area contributed by atoms with E-state index in [4.69, 9.17) is 0 Å². The van der Waals surface area contributed by atoms with Crippen molar-refractivity contribution in [3.05, 3.63) is 35.4 Å². The van der Waals surface area contributed by atoms with Crippen LogP contribution in [-0.2, 0) is 6.42 Å².